The van der Waals surface area contributed by atoms with Crippen LogP contribution in [0.4, 0.5) is 13.2 Å². The number of alkyl halides is 3. The molecule has 1 aliphatic rings. The number of hydrogen-bond acceptors (Lipinski definition) is 3. The van der Waals surface area contributed by atoms with Gasteiger partial charge in [-0.1, -0.05) is 36.4 Å². The van der Waals surface area contributed by atoms with E-state index in [9.17, 15) is 22.8 Å². The van der Waals surface area contributed by atoms with E-state index in [1.54, 1.807) is 6.92 Å². The molecule has 1 N–H and O–H groups in total. The summed E-state index contributed by atoms with van der Waals surface area (Å²) in [5, 5.41) is 7.07. The van der Waals surface area contributed by atoms with E-state index in [2.05, 4.69) is 10.4 Å². The minimum absolute atomic E-state index is 0.114. The van der Waals surface area contributed by atoms with Crippen molar-refractivity contribution in [3.63, 3.8) is 0 Å². The summed E-state index contributed by atoms with van der Waals surface area (Å²) in [6.45, 7) is 1.55. The van der Waals surface area contributed by atoms with Crippen molar-refractivity contribution in [1.29, 1.82) is 0 Å². The van der Waals surface area contributed by atoms with Gasteiger partial charge in [-0.15, -0.1) is 0 Å². The van der Waals surface area contributed by atoms with Crippen LogP contribution in [0.2, 0.25) is 0 Å². The summed E-state index contributed by atoms with van der Waals surface area (Å²) in [7, 11) is 0. The molecular weight excluding hydrogens is 407 g/mol. The number of nitrogens with zero attached hydrogens (tertiary/aromatic N) is 2. The van der Waals surface area contributed by atoms with Gasteiger partial charge in [-0.2, -0.15) is 18.3 Å². The van der Waals surface area contributed by atoms with Crippen molar-refractivity contribution in [2.75, 3.05) is 0 Å². The second kappa shape index (κ2) is 7.68. The van der Waals surface area contributed by atoms with Gasteiger partial charge >= 0.3 is 6.18 Å². The zero-order valence-electron chi connectivity index (χ0n) is 16.7. The Balaban J connectivity index is 1.70. The van der Waals surface area contributed by atoms with Crippen molar-refractivity contribution in [3.05, 3.63) is 93.4 Å². The molecule has 160 valence electrons. The van der Waals surface area contributed by atoms with Gasteiger partial charge in [0.1, 0.15) is 0 Å². The van der Waals surface area contributed by atoms with Crippen LogP contribution < -0.4 is 10.7 Å². The summed E-state index contributed by atoms with van der Waals surface area (Å²) in [4.78, 5) is 25.5. The first-order valence-electron chi connectivity index (χ1n) is 9.86. The zero-order valence-corrected chi connectivity index (χ0v) is 16.7. The Morgan fingerprint density at radius 2 is 1.77 bits per heavy atom. The van der Waals surface area contributed by atoms with E-state index in [4.69, 9.17) is 0 Å². The number of aromatic nitrogens is 2. The Kier molecular flexibility index (Phi) is 5.16. The normalized spacial score (nSPS) is 15.2. The molecule has 1 fully saturated rings. The summed E-state index contributed by atoms with van der Waals surface area (Å²) >= 11 is 0. The van der Waals surface area contributed by atoms with Crippen molar-refractivity contribution in [1.82, 2.24) is 15.1 Å². The van der Waals surface area contributed by atoms with Crippen LogP contribution in [0.3, 0.4) is 0 Å². The van der Waals surface area contributed by atoms with Gasteiger partial charge in [0.25, 0.3) is 5.91 Å². The third-order valence-corrected chi connectivity index (χ3v) is 5.63. The van der Waals surface area contributed by atoms with Crippen molar-refractivity contribution in [2.24, 2.45) is 0 Å². The average molecular weight is 427 g/mol. The molecule has 1 amide bonds. The van der Waals surface area contributed by atoms with Gasteiger partial charge in [0.05, 0.1) is 16.8 Å². The molecule has 1 saturated carbocycles. The Labute approximate surface area is 176 Å². The van der Waals surface area contributed by atoms with Gasteiger partial charge in [-0.3, -0.25) is 9.59 Å². The largest absolute Gasteiger partial charge is 0.416 e. The number of hydrogen-bond donors (Lipinski definition) is 1. The van der Waals surface area contributed by atoms with E-state index in [0.717, 1.165) is 37.0 Å². The van der Waals surface area contributed by atoms with E-state index >= 15 is 0 Å². The summed E-state index contributed by atoms with van der Waals surface area (Å²) in [5.41, 5.74) is -0.970. The van der Waals surface area contributed by atoms with E-state index in [1.807, 2.05) is 30.3 Å². The summed E-state index contributed by atoms with van der Waals surface area (Å²) < 4.78 is 40.5. The molecule has 0 bridgehead atoms. The van der Waals surface area contributed by atoms with Gasteiger partial charge < -0.3 is 5.32 Å². The molecule has 1 heterocycles. The first-order valence-corrected chi connectivity index (χ1v) is 9.86. The van der Waals surface area contributed by atoms with Gasteiger partial charge in [0.15, 0.2) is 5.69 Å². The van der Waals surface area contributed by atoms with Crippen molar-refractivity contribution in [3.8, 4) is 5.69 Å². The van der Waals surface area contributed by atoms with Crippen molar-refractivity contribution >= 4 is 5.91 Å². The molecule has 2 aromatic carbocycles. The van der Waals surface area contributed by atoms with Gasteiger partial charge in [0.2, 0.25) is 5.43 Å². The highest BCUT2D eigenvalue weighted by Gasteiger charge is 2.40. The fourth-order valence-corrected chi connectivity index (χ4v) is 3.83. The maximum Gasteiger partial charge on any atom is 0.416 e. The summed E-state index contributed by atoms with van der Waals surface area (Å²) in [6.07, 6.45) is -2.12. The van der Waals surface area contributed by atoms with Gasteiger partial charge in [-0.05, 0) is 49.9 Å². The van der Waals surface area contributed by atoms with Crippen LogP contribution in [-0.4, -0.2) is 15.7 Å². The fraction of sp³-hybridized carbons (Fsp3) is 0.261. The Morgan fingerprint density at radius 1 is 1.06 bits per heavy atom. The number of benzene rings is 2. The number of amides is 1. The maximum atomic E-state index is 13.1. The first kappa shape index (κ1) is 20.8. The molecule has 4 rings (SSSR count). The zero-order chi connectivity index (χ0) is 22.2. The van der Waals surface area contributed by atoms with Gasteiger partial charge in [0, 0.05) is 11.8 Å². The molecule has 5 nitrogen and oxygen atoms in total. The molecule has 0 radical (unpaired) electrons. The lowest BCUT2D eigenvalue weighted by Crippen LogP contribution is -2.52. The number of rotatable bonds is 4. The first-order chi connectivity index (χ1) is 14.7. The molecule has 31 heavy (non-hydrogen) atoms. The number of aryl methyl sites for hydroxylation is 1. The van der Waals surface area contributed by atoms with Crippen LogP contribution in [0, 0.1) is 6.92 Å². The number of carbonyl (C=O) groups is 1. The highest BCUT2D eigenvalue weighted by molar-refractivity contribution is 5.92. The monoisotopic (exact) mass is 427 g/mol. The van der Waals surface area contributed by atoms with E-state index in [1.165, 1.54) is 22.9 Å². The van der Waals surface area contributed by atoms with Crippen LogP contribution in [0.5, 0.6) is 0 Å². The van der Waals surface area contributed by atoms with Crippen LogP contribution in [-0.2, 0) is 11.7 Å². The van der Waals surface area contributed by atoms with E-state index < -0.39 is 28.6 Å². The molecule has 1 aliphatic carbocycles. The lowest BCUT2D eigenvalue weighted by molar-refractivity contribution is -0.137. The highest BCUT2D eigenvalue weighted by atomic mass is 19.4. The minimum atomic E-state index is -4.52. The third-order valence-electron chi connectivity index (χ3n) is 5.63. The second-order valence-electron chi connectivity index (χ2n) is 7.71. The Bertz CT molecular complexity index is 1180. The molecule has 0 spiro atoms. The predicted octanol–water partition coefficient (Wildman–Crippen LogP) is 4.37. The summed E-state index contributed by atoms with van der Waals surface area (Å²) in [5.74, 6) is -0.644. The van der Waals surface area contributed by atoms with Crippen molar-refractivity contribution in [2.45, 2.75) is 37.9 Å². The van der Waals surface area contributed by atoms with Crippen LogP contribution in [0.1, 0.15) is 46.6 Å². The molecule has 0 saturated heterocycles. The molecule has 3 aromatic rings. The van der Waals surface area contributed by atoms with Crippen LogP contribution in [0.15, 0.2) is 65.5 Å². The molecule has 1 aromatic heterocycles. The third kappa shape index (κ3) is 3.97. The van der Waals surface area contributed by atoms with Crippen molar-refractivity contribution < 1.29 is 18.0 Å². The highest BCUT2D eigenvalue weighted by Crippen LogP contribution is 2.41. The number of carbonyl (C=O) groups excluding carboxylic acids is 1. The Morgan fingerprint density at radius 3 is 2.39 bits per heavy atom. The lowest BCUT2D eigenvalue weighted by Gasteiger charge is -2.43. The average Bonchev–Trinajstić information content (AvgIpc) is 2.71. The topological polar surface area (TPSA) is 64.0 Å². The second-order valence-corrected chi connectivity index (χ2v) is 7.71. The van der Waals surface area contributed by atoms with Gasteiger partial charge in [-0.25, -0.2) is 4.68 Å². The molecular formula is C23H20F3N3O2. The molecule has 0 unspecified atom stereocenters. The van der Waals surface area contributed by atoms with Crippen LogP contribution >= 0.6 is 0 Å². The smallest absolute Gasteiger partial charge is 0.341 e. The maximum absolute atomic E-state index is 13.1. The molecule has 0 aliphatic heterocycles. The Hall–Kier alpha value is -3.42. The minimum Gasteiger partial charge on any atom is -0.341 e. The lowest BCUT2D eigenvalue weighted by atomic mass is 9.71. The fourth-order valence-electron chi connectivity index (χ4n) is 3.83. The standard InChI is InChI=1S/C23H20F3N3O2/c1-15-13-19(30)20(28-29(15)18-10-5-9-17(14-18)23(24,25)26)21(31)27-22(11-6-12-22)16-7-3-2-4-8-16/h2-5,7-10,13-14H,6,11-12H2,1H3,(H,27,31). The quantitative estimate of drug-likeness (QED) is 0.673. The predicted molar refractivity (Wildman–Crippen MR) is 109 cm³/mol. The summed E-state index contributed by atoms with van der Waals surface area (Å²) in [6, 6.07) is 15.3. The molecule has 8 heteroatoms. The molecule has 0 atom stereocenters. The van der Waals surface area contributed by atoms with E-state index in [0.29, 0.717) is 5.69 Å². The number of halogens is 3. The van der Waals surface area contributed by atoms with Crippen LogP contribution in [0.25, 0.3) is 5.69 Å². The SMILES string of the molecule is Cc1cc(=O)c(C(=O)NC2(c3ccccc3)CCC2)nn1-c1cccc(C(F)(F)F)c1. The van der Waals surface area contributed by atoms with E-state index in [-0.39, 0.29) is 11.4 Å². The number of nitrogens with one attached hydrogen (secondary N) is 1.